The number of rotatable bonds is 10. The van der Waals surface area contributed by atoms with Gasteiger partial charge in [0, 0.05) is 24.5 Å². The zero-order valence-corrected chi connectivity index (χ0v) is 21.4. The number of likely N-dealkylation sites (tertiary alicyclic amines) is 1. The van der Waals surface area contributed by atoms with Crippen molar-refractivity contribution in [2.45, 2.75) is 39.8 Å². The zero-order chi connectivity index (χ0) is 26.4. The highest BCUT2D eigenvalue weighted by molar-refractivity contribution is 6.46. The van der Waals surface area contributed by atoms with Gasteiger partial charge in [-0.05, 0) is 48.6 Å². The first-order chi connectivity index (χ1) is 17.9. The number of aromatic nitrogens is 1. The fourth-order valence-electron chi connectivity index (χ4n) is 4.32. The Kier molecular flexibility index (Phi) is 8.23. The van der Waals surface area contributed by atoms with Crippen molar-refractivity contribution >= 4 is 17.4 Å². The smallest absolute Gasteiger partial charge is 0.295 e. The Hall–Kier alpha value is -4.13. The van der Waals surface area contributed by atoms with Crippen LogP contribution in [0.15, 0.2) is 78.6 Å². The predicted octanol–water partition coefficient (Wildman–Crippen LogP) is 5.53. The molecule has 1 amide bonds. The molecule has 1 aliphatic rings. The molecule has 1 aromatic heterocycles. The third-order valence-corrected chi connectivity index (χ3v) is 6.20. The van der Waals surface area contributed by atoms with Gasteiger partial charge < -0.3 is 19.5 Å². The van der Waals surface area contributed by atoms with Gasteiger partial charge in [0.25, 0.3) is 11.7 Å². The summed E-state index contributed by atoms with van der Waals surface area (Å²) in [6.07, 6.45) is 4.21. The van der Waals surface area contributed by atoms with Gasteiger partial charge in [-0.1, -0.05) is 56.3 Å². The monoisotopic (exact) mass is 500 g/mol. The van der Waals surface area contributed by atoms with Gasteiger partial charge in [0.2, 0.25) is 0 Å². The molecule has 1 unspecified atom stereocenters. The number of carbonyl (C=O) groups excluding carboxylic acids is 2. The summed E-state index contributed by atoms with van der Waals surface area (Å²) in [5.74, 6) is -0.00570. The van der Waals surface area contributed by atoms with E-state index in [9.17, 15) is 14.7 Å². The van der Waals surface area contributed by atoms with Crippen LogP contribution in [0.1, 0.15) is 49.9 Å². The maximum atomic E-state index is 13.3. The Labute approximate surface area is 217 Å². The van der Waals surface area contributed by atoms with E-state index in [2.05, 4.69) is 18.8 Å². The van der Waals surface area contributed by atoms with Crippen molar-refractivity contribution in [1.29, 1.82) is 0 Å². The first-order valence-electron chi connectivity index (χ1n) is 12.5. The van der Waals surface area contributed by atoms with Crippen LogP contribution in [0.2, 0.25) is 0 Å². The lowest BCUT2D eigenvalue weighted by Gasteiger charge is -2.26. The van der Waals surface area contributed by atoms with Crippen LogP contribution in [0.25, 0.3) is 5.76 Å². The third-order valence-electron chi connectivity index (χ3n) is 6.20. The molecule has 37 heavy (non-hydrogen) atoms. The Morgan fingerprint density at radius 3 is 2.49 bits per heavy atom. The molecule has 2 heterocycles. The van der Waals surface area contributed by atoms with Gasteiger partial charge >= 0.3 is 0 Å². The van der Waals surface area contributed by atoms with Crippen LogP contribution in [0.4, 0.5) is 0 Å². The van der Waals surface area contributed by atoms with E-state index in [4.69, 9.17) is 9.47 Å². The number of aliphatic hydroxyl groups is 1. The first-order valence-corrected chi connectivity index (χ1v) is 12.5. The molecule has 4 rings (SSSR count). The van der Waals surface area contributed by atoms with Crippen molar-refractivity contribution in [2.24, 2.45) is 5.92 Å². The number of hydrogen-bond acceptors (Lipinski definition) is 6. The number of nitrogens with zero attached hydrogens (tertiary/aromatic N) is 2. The SMILES string of the molecule is CCOc1cc(C2/C(=C(\O)c3ccccc3)C(=O)C(=O)N2Cc2cccnc2)ccc1OCCC(C)C. The lowest BCUT2D eigenvalue weighted by molar-refractivity contribution is -0.140. The quantitative estimate of drug-likeness (QED) is 0.224. The van der Waals surface area contributed by atoms with Crippen LogP contribution in [0, 0.1) is 5.92 Å². The summed E-state index contributed by atoms with van der Waals surface area (Å²) in [7, 11) is 0. The molecular formula is C30H32N2O5. The number of carbonyl (C=O) groups is 2. The maximum Gasteiger partial charge on any atom is 0.295 e. The van der Waals surface area contributed by atoms with Crippen LogP contribution in [0.3, 0.4) is 0 Å². The zero-order valence-electron chi connectivity index (χ0n) is 21.4. The number of ether oxygens (including phenoxy) is 2. The van der Waals surface area contributed by atoms with Crippen molar-refractivity contribution < 1.29 is 24.2 Å². The second-order valence-electron chi connectivity index (χ2n) is 9.32. The standard InChI is InChI=1S/C30H32N2O5/c1-4-36-25-17-23(12-13-24(25)37-16-14-20(2)3)27-26(28(33)22-10-6-5-7-11-22)29(34)30(35)32(27)19-21-9-8-15-31-18-21/h5-13,15,17-18,20,27,33H,4,14,16,19H2,1-3H3/b28-26+. The van der Waals surface area contributed by atoms with Gasteiger partial charge in [0.1, 0.15) is 5.76 Å². The molecule has 0 spiro atoms. The maximum absolute atomic E-state index is 13.3. The highest BCUT2D eigenvalue weighted by atomic mass is 16.5. The highest BCUT2D eigenvalue weighted by Crippen LogP contribution is 2.42. The second-order valence-corrected chi connectivity index (χ2v) is 9.32. The summed E-state index contributed by atoms with van der Waals surface area (Å²) in [5.41, 5.74) is 1.91. The Bertz CT molecular complexity index is 1270. The summed E-state index contributed by atoms with van der Waals surface area (Å²) < 4.78 is 11.9. The number of aliphatic hydroxyl groups excluding tert-OH is 1. The van der Waals surface area contributed by atoms with Crippen molar-refractivity contribution in [3.63, 3.8) is 0 Å². The van der Waals surface area contributed by atoms with E-state index in [0.29, 0.717) is 41.8 Å². The number of pyridine rings is 1. The molecular weight excluding hydrogens is 468 g/mol. The summed E-state index contributed by atoms with van der Waals surface area (Å²) in [6, 6.07) is 17.0. The van der Waals surface area contributed by atoms with E-state index in [1.54, 1.807) is 54.9 Å². The fourth-order valence-corrected chi connectivity index (χ4v) is 4.32. The van der Waals surface area contributed by atoms with E-state index in [0.717, 1.165) is 12.0 Å². The van der Waals surface area contributed by atoms with Crippen LogP contribution < -0.4 is 9.47 Å². The fraction of sp³-hybridized carbons (Fsp3) is 0.300. The van der Waals surface area contributed by atoms with Gasteiger partial charge in [0.15, 0.2) is 11.5 Å². The normalized spacial score (nSPS) is 16.9. The van der Waals surface area contributed by atoms with Gasteiger partial charge in [-0.3, -0.25) is 14.6 Å². The number of amides is 1. The van der Waals surface area contributed by atoms with Crippen LogP contribution in [0.5, 0.6) is 11.5 Å². The minimum atomic E-state index is -0.815. The lowest BCUT2D eigenvalue weighted by atomic mass is 9.95. The van der Waals surface area contributed by atoms with E-state index >= 15 is 0 Å². The molecule has 3 aromatic rings. The summed E-state index contributed by atoms with van der Waals surface area (Å²) in [4.78, 5) is 32.2. The van der Waals surface area contributed by atoms with E-state index in [1.807, 2.05) is 25.1 Å². The molecule has 0 aliphatic carbocycles. The van der Waals surface area contributed by atoms with E-state index < -0.39 is 17.7 Å². The number of benzene rings is 2. The molecule has 1 N–H and O–H groups in total. The molecule has 7 nitrogen and oxygen atoms in total. The molecule has 192 valence electrons. The van der Waals surface area contributed by atoms with Gasteiger partial charge in [-0.25, -0.2) is 0 Å². The topological polar surface area (TPSA) is 89.0 Å². The number of ketones is 1. The van der Waals surface area contributed by atoms with E-state index in [-0.39, 0.29) is 17.9 Å². The molecule has 1 saturated heterocycles. The average Bonchev–Trinajstić information content (AvgIpc) is 3.15. The van der Waals surface area contributed by atoms with Crippen molar-refractivity contribution in [1.82, 2.24) is 9.88 Å². The summed E-state index contributed by atoms with van der Waals surface area (Å²) >= 11 is 0. The molecule has 1 atom stereocenters. The van der Waals surface area contributed by atoms with Crippen LogP contribution in [-0.4, -0.2) is 39.9 Å². The van der Waals surface area contributed by atoms with Crippen molar-refractivity contribution in [3.8, 4) is 11.5 Å². The van der Waals surface area contributed by atoms with Gasteiger partial charge in [-0.15, -0.1) is 0 Å². The summed E-state index contributed by atoms with van der Waals surface area (Å²) in [6.45, 7) is 7.27. The Morgan fingerprint density at radius 1 is 1.03 bits per heavy atom. The number of Topliss-reactive ketones (excluding diaryl/α,β-unsaturated/α-hetero) is 1. The van der Waals surface area contributed by atoms with Gasteiger partial charge in [0.05, 0.1) is 24.8 Å². The molecule has 7 heteroatoms. The van der Waals surface area contributed by atoms with Crippen LogP contribution in [-0.2, 0) is 16.1 Å². The third kappa shape index (κ3) is 5.82. The highest BCUT2D eigenvalue weighted by Gasteiger charge is 2.46. The lowest BCUT2D eigenvalue weighted by Crippen LogP contribution is -2.29. The molecule has 0 radical (unpaired) electrons. The molecule has 0 saturated carbocycles. The van der Waals surface area contributed by atoms with Crippen molar-refractivity contribution in [2.75, 3.05) is 13.2 Å². The second kappa shape index (κ2) is 11.7. The molecule has 1 fully saturated rings. The summed E-state index contributed by atoms with van der Waals surface area (Å²) in [5, 5.41) is 11.2. The van der Waals surface area contributed by atoms with Crippen LogP contribution >= 0.6 is 0 Å². The molecule has 0 bridgehead atoms. The Morgan fingerprint density at radius 2 is 1.81 bits per heavy atom. The predicted molar refractivity (Wildman–Crippen MR) is 141 cm³/mol. The minimum Gasteiger partial charge on any atom is -0.507 e. The average molecular weight is 501 g/mol. The minimum absolute atomic E-state index is 0.0380. The van der Waals surface area contributed by atoms with Crippen molar-refractivity contribution in [3.05, 3.63) is 95.3 Å². The van der Waals surface area contributed by atoms with Gasteiger partial charge in [-0.2, -0.15) is 0 Å². The largest absolute Gasteiger partial charge is 0.507 e. The Balaban J connectivity index is 1.81. The van der Waals surface area contributed by atoms with E-state index in [1.165, 1.54) is 4.90 Å². The molecule has 2 aromatic carbocycles. The number of hydrogen-bond donors (Lipinski definition) is 1. The first kappa shape index (κ1) is 25.9. The molecule has 1 aliphatic heterocycles.